The summed E-state index contributed by atoms with van der Waals surface area (Å²) in [6, 6.07) is 0. The van der Waals surface area contributed by atoms with E-state index in [0.717, 1.165) is 29.3 Å². The van der Waals surface area contributed by atoms with E-state index in [1.807, 2.05) is 30.4 Å². The van der Waals surface area contributed by atoms with Gasteiger partial charge in [-0.15, -0.1) is 11.8 Å². The molecule has 0 bridgehead atoms. The Bertz CT molecular complexity index is 416. The summed E-state index contributed by atoms with van der Waals surface area (Å²) in [4.78, 5) is 9.17. The fourth-order valence-corrected chi connectivity index (χ4v) is 5.25. The van der Waals surface area contributed by atoms with Gasteiger partial charge in [0.1, 0.15) is 11.0 Å². The monoisotopic (exact) mass is 302 g/mol. The minimum atomic E-state index is 0.378. The first-order valence-corrected chi connectivity index (χ1v) is 8.69. The summed E-state index contributed by atoms with van der Waals surface area (Å²) in [7, 11) is 0. The maximum absolute atomic E-state index is 6.25. The zero-order chi connectivity index (χ0) is 13.3. The topological polar surface area (TPSA) is 25.8 Å². The van der Waals surface area contributed by atoms with Crippen molar-refractivity contribution < 1.29 is 0 Å². The molecule has 0 radical (unpaired) electrons. The molecule has 1 aromatic rings. The van der Waals surface area contributed by atoms with E-state index in [4.69, 9.17) is 11.6 Å². The van der Waals surface area contributed by atoms with Crippen LogP contribution in [0.4, 0.5) is 0 Å². The first-order chi connectivity index (χ1) is 8.52. The van der Waals surface area contributed by atoms with Crippen molar-refractivity contribution in [1.29, 1.82) is 0 Å². The van der Waals surface area contributed by atoms with E-state index in [1.165, 1.54) is 0 Å². The lowest BCUT2D eigenvalue weighted by Crippen LogP contribution is -2.23. The van der Waals surface area contributed by atoms with Gasteiger partial charge in [0.25, 0.3) is 0 Å². The van der Waals surface area contributed by atoms with Crippen LogP contribution < -0.4 is 0 Å². The second-order valence-electron chi connectivity index (χ2n) is 4.66. The Morgan fingerprint density at radius 3 is 2.56 bits per heavy atom. The molecule has 100 valence electrons. The molecule has 3 unspecified atom stereocenters. The number of nitrogens with zero attached hydrogens (tertiary/aromatic N) is 2. The standard InChI is InChI=1S/C13H19ClN2S2/c1-5-10-7(2)15-13(16-12(10)14)11-6-17-8(3)9(4)18-11/h8-9,11H,5-6H2,1-4H3. The summed E-state index contributed by atoms with van der Waals surface area (Å²) < 4.78 is 0. The second kappa shape index (κ2) is 6.02. The zero-order valence-electron chi connectivity index (χ0n) is 11.2. The lowest BCUT2D eigenvalue weighted by Gasteiger charge is -2.30. The van der Waals surface area contributed by atoms with Crippen molar-refractivity contribution in [2.75, 3.05) is 5.75 Å². The molecule has 0 aromatic carbocycles. The first kappa shape index (κ1) is 14.5. The van der Waals surface area contributed by atoms with Gasteiger partial charge in [0.2, 0.25) is 0 Å². The highest BCUT2D eigenvalue weighted by Crippen LogP contribution is 2.43. The molecule has 2 heterocycles. The largest absolute Gasteiger partial charge is 0.237 e. The Hall–Kier alpha value is 0.0700. The lowest BCUT2D eigenvalue weighted by molar-refractivity contribution is 0.841. The summed E-state index contributed by atoms with van der Waals surface area (Å²) >= 11 is 10.2. The van der Waals surface area contributed by atoms with Crippen molar-refractivity contribution in [3.8, 4) is 0 Å². The fourth-order valence-electron chi connectivity index (χ4n) is 2.05. The molecule has 1 saturated heterocycles. The van der Waals surface area contributed by atoms with Gasteiger partial charge in [0.15, 0.2) is 0 Å². The molecule has 0 N–H and O–H groups in total. The van der Waals surface area contributed by atoms with Crippen LogP contribution in [0.1, 0.15) is 43.1 Å². The van der Waals surface area contributed by atoms with Crippen molar-refractivity contribution in [3.63, 3.8) is 0 Å². The molecule has 1 aliphatic rings. The van der Waals surface area contributed by atoms with E-state index in [-0.39, 0.29) is 0 Å². The molecule has 0 saturated carbocycles. The van der Waals surface area contributed by atoms with Crippen LogP contribution in [0.25, 0.3) is 0 Å². The Balaban J connectivity index is 2.24. The van der Waals surface area contributed by atoms with Crippen molar-refractivity contribution in [2.24, 2.45) is 0 Å². The molecule has 0 spiro atoms. The van der Waals surface area contributed by atoms with Crippen molar-refractivity contribution in [2.45, 2.75) is 49.9 Å². The highest BCUT2D eigenvalue weighted by molar-refractivity contribution is 8.07. The number of thioether (sulfide) groups is 2. The van der Waals surface area contributed by atoms with Gasteiger partial charge in [-0.2, -0.15) is 11.8 Å². The van der Waals surface area contributed by atoms with Crippen LogP contribution in [0.2, 0.25) is 5.15 Å². The van der Waals surface area contributed by atoms with Gasteiger partial charge in [-0.3, -0.25) is 0 Å². The fraction of sp³-hybridized carbons (Fsp3) is 0.692. The lowest BCUT2D eigenvalue weighted by atomic mass is 10.2. The first-order valence-electron chi connectivity index (χ1n) is 6.32. The predicted molar refractivity (Wildman–Crippen MR) is 82.9 cm³/mol. The number of halogens is 1. The molecule has 3 atom stereocenters. The van der Waals surface area contributed by atoms with E-state index in [9.17, 15) is 0 Å². The molecule has 0 aliphatic carbocycles. The van der Waals surface area contributed by atoms with Gasteiger partial charge in [-0.25, -0.2) is 9.97 Å². The van der Waals surface area contributed by atoms with Crippen LogP contribution in [0.15, 0.2) is 0 Å². The molecule has 1 fully saturated rings. The molecule has 2 rings (SSSR count). The highest BCUT2D eigenvalue weighted by Gasteiger charge is 2.29. The van der Waals surface area contributed by atoms with Crippen molar-refractivity contribution in [1.82, 2.24) is 9.97 Å². The number of rotatable bonds is 2. The third-order valence-corrected chi connectivity index (χ3v) is 7.07. The molecule has 2 nitrogen and oxygen atoms in total. The highest BCUT2D eigenvalue weighted by atomic mass is 35.5. The van der Waals surface area contributed by atoms with Crippen LogP contribution >= 0.6 is 35.1 Å². The maximum Gasteiger partial charge on any atom is 0.144 e. The quantitative estimate of drug-likeness (QED) is 0.761. The minimum Gasteiger partial charge on any atom is -0.237 e. The van der Waals surface area contributed by atoms with Crippen LogP contribution in [0.5, 0.6) is 0 Å². The van der Waals surface area contributed by atoms with Gasteiger partial charge in [-0.1, -0.05) is 32.4 Å². The Labute approximate surface area is 123 Å². The van der Waals surface area contributed by atoms with Crippen LogP contribution in [-0.2, 0) is 6.42 Å². The van der Waals surface area contributed by atoms with E-state index in [1.54, 1.807) is 0 Å². The normalized spacial score (nSPS) is 28.4. The average molecular weight is 303 g/mol. The van der Waals surface area contributed by atoms with E-state index in [2.05, 4.69) is 30.7 Å². The average Bonchev–Trinajstić information content (AvgIpc) is 2.32. The summed E-state index contributed by atoms with van der Waals surface area (Å²) in [5.41, 5.74) is 2.11. The molecule has 0 amide bonds. The minimum absolute atomic E-state index is 0.378. The summed E-state index contributed by atoms with van der Waals surface area (Å²) in [6.07, 6.45) is 0.894. The predicted octanol–water partition coefficient (Wildman–Crippen LogP) is 4.30. The molecule has 1 aromatic heterocycles. The number of aromatic nitrogens is 2. The molecular weight excluding hydrogens is 284 g/mol. The van der Waals surface area contributed by atoms with Crippen LogP contribution in [0.3, 0.4) is 0 Å². The Kier molecular flexibility index (Phi) is 4.84. The van der Waals surface area contributed by atoms with Gasteiger partial charge in [0, 0.05) is 27.5 Å². The number of aryl methyl sites for hydroxylation is 1. The Morgan fingerprint density at radius 2 is 2.00 bits per heavy atom. The third kappa shape index (κ3) is 2.97. The zero-order valence-corrected chi connectivity index (χ0v) is 13.6. The third-order valence-electron chi connectivity index (χ3n) is 3.37. The van der Waals surface area contributed by atoms with Gasteiger partial charge < -0.3 is 0 Å². The van der Waals surface area contributed by atoms with Crippen molar-refractivity contribution in [3.05, 3.63) is 22.2 Å². The number of hydrogen-bond donors (Lipinski definition) is 0. The van der Waals surface area contributed by atoms with Crippen LogP contribution in [0, 0.1) is 6.92 Å². The molecular formula is C13H19ClN2S2. The maximum atomic E-state index is 6.25. The molecule has 1 aliphatic heterocycles. The van der Waals surface area contributed by atoms with E-state index in [0.29, 0.717) is 20.9 Å². The molecule has 5 heteroatoms. The van der Waals surface area contributed by atoms with Gasteiger partial charge in [0.05, 0.1) is 5.25 Å². The summed E-state index contributed by atoms with van der Waals surface area (Å²) in [6.45, 7) is 8.69. The SMILES string of the molecule is CCc1c(C)nc(C2CSC(C)C(C)S2)nc1Cl. The smallest absolute Gasteiger partial charge is 0.144 e. The van der Waals surface area contributed by atoms with Crippen LogP contribution in [-0.4, -0.2) is 26.2 Å². The number of hydrogen-bond acceptors (Lipinski definition) is 4. The Morgan fingerprint density at radius 1 is 1.28 bits per heavy atom. The summed E-state index contributed by atoms with van der Waals surface area (Å²) in [5.74, 6) is 1.99. The van der Waals surface area contributed by atoms with Gasteiger partial charge >= 0.3 is 0 Å². The van der Waals surface area contributed by atoms with Crippen molar-refractivity contribution >= 4 is 35.1 Å². The molecule has 18 heavy (non-hydrogen) atoms. The summed E-state index contributed by atoms with van der Waals surface area (Å²) in [5, 5.41) is 2.36. The van der Waals surface area contributed by atoms with E-state index >= 15 is 0 Å². The second-order valence-corrected chi connectivity index (χ2v) is 8.01. The van der Waals surface area contributed by atoms with E-state index < -0.39 is 0 Å². The van der Waals surface area contributed by atoms with Gasteiger partial charge in [-0.05, 0) is 13.3 Å².